The molecule has 0 saturated heterocycles. The minimum Gasteiger partial charge on any atom is -0.392 e. The van der Waals surface area contributed by atoms with E-state index in [0.717, 1.165) is 0 Å². The summed E-state index contributed by atoms with van der Waals surface area (Å²) in [5, 5.41) is 10.3. The number of halogens is 3. The molecule has 0 heterocycles. The van der Waals surface area contributed by atoms with Crippen LogP contribution < -0.4 is 0 Å². The molecule has 0 fully saturated rings. The highest BCUT2D eigenvalue weighted by Gasteiger charge is 2.12. The van der Waals surface area contributed by atoms with E-state index in [4.69, 9.17) is 11.6 Å². The fourth-order valence-electron chi connectivity index (χ4n) is 1.76. The molecule has 0 aromatic heterocycles. The van der Waals surface area contributed by atoms with Crippen molar-refractivity contribution in [1.29, 1.82) is 0 Å². The van der Waals surface area contributed by atoms with E-state index >= 15 is 0 Å². The molecule has 2 aromatic rings. The van der Waals surface area contributed by atoms with E-state index in [1.807, 2.05) is 0 Å². The number of hydrogen-bond acceptors (Lipinski definition) is 2. The van der Waals surface area contributed by atoms with Crippen molar-refractivity contribution in [1.82, 2.24) is 0 Å². The molecule has 2 rings (SSSR count). The molecule has 1 N–H and O–H groups in total. The summed E-state index contributed by atoms with van der Waals surface area (Å²) in [6.45, 7) is 0. The van der Waals surface area contributed by atoms with Gasteiger partial charge in [-0.1, -0.05) is 23.7 Å². The number of thioether (sulfide) groups is 1. The first-order valence-corrected chi connectivity index (χ1v) is 7.42. The van der Waals surface area contributed by atoms with E-state index in [2.05, 4.69) is 0 Å². The second-order valence-corrected chi connectivity index (χ2v) is 5.83. The SMILES string of the molecule is OC(CSc1ccccc1F)Cc1cc(Cl)ccc1F. The second-order valence-electron chi connectivity index (χ2n) is 4.34. The maximum absolute atomic E-state index is 13.5. The lowest BCUT2D eigenvalue weighted by Gasteiger charge is -2.11. The van der Waals surface area contributed by atoms with E-state index in [1.165, 1.54) is 36.0 Å². The fraction of sp³-hybridized carbons (Fsp3) is 0.200. The third-order valence-corrected chi connectivity index (χ3v) is 4.16. The van der Waals surface area contributed by atoms with Crippen LogP contribution in [-0.4, -0.2) is 17.0 Å². The monoisotopic (exact) mass is 314 g/mol. The summed E-state index contributed by atoms with van der Waals surface area (Å²) < 4.78 is 26.9. The Morgan fingerprint density at radius 3 is 2.60 bits per heavy atom. The average molecular weight is 315 g/mol. The largest absolute Gasteiger partial charge is 0.392 e. The van der Waals surface area contributed by atoms with Crippen molar-refractivity contribution in [3.05, 3.63) is 64.7 Å². The van der Waals surface area contributed by atoms with Crippen molar-refractivity contribution in [2.24, 2.45) is 0 Å². The lowest BCUT2D eigenvalue weighted by atomic mass is 10.1. The Kier molecular flexibility index (Phi) is 5.40. The first kappa shape index (κ1) is 15.3. The normalized spacial score (nSPS) is 12.4. The first-order valence-electron chi connectivity index (χ1n) is 6.05. The van der Waals surface area contributed by atoms with Gasteiger partial charge in [-0.15, -0.1) is 11.8 Å². The molecule has 2 aromatic carbocycles. The van der Waals surface area contributed by atoms with E-state index in [1.54, 1.807) is 18.2 Å². The van der Waals surface area contributed by atoms with Crippen LogP contribution in [-0.2, 0) is 6.42 Å². The Hall–Kier alpha value is -1.10. The molecule has 1 unspecified atom stereocenters. The smallest absolute Gasteiger partial charge is 0.136 e. The Labute approximate surface area is 125 Å². The molecule has 0 radical (unpaired) electrons. The van der Waals surface area contributed by atoms with Crippen molar-refractivity contribution in [3.63, 3.8) is 0 Å². The minimum atomic E-state index is -0.771. The van der Waals surface area contributed by atoms with Gasteiger partial charge in [-0.2, -0.15) is 0 Å². The predicted molar refractivity (Wildman–Crippen MR) is 78.2 cm³/mol. The molecule has 0 aliphatic heterocycles. The molecule has 106 valence electrons. The van der Waals surface area contributed by atoms with Gasteiger partial charge in [-0.25, -0.2) is 8.78 Å². The standard InChI is InChI=1S/C15H13ClF2OS/c16-11-5-6-13(17)10(7-11)8-12(19)9-20-15-4-2-1-3-14(15)18/h1-7,12,19H,8-9H2. The molecule has 0 aliphatic carbocycles. The van der Waals surface area contributed by atoms with Gasteiger partial charge >= 0.3 is 0 Å². The Morgan fingerprint density at radius 1 is 1.10 bits per heavy atom. The zero-order chi connectivity index (χ0) is 14.5. The van der Waals surface area contributed by atoms with Gasteiger partial charge < -0.3 is 5.11 Å². The van der Waals surface area contributed by atoms with Crippen LogP contribution in [0.25, 0.3) is 0 Å². The lowest BCUT2D eigenvalue weighted by Crippen LogP contribution is -2.14. The van der Waals surface area contributed by atoms with Crippen LogP contribution in [0.15, 0.2) is 47.4 Å². The summed E-state index contributed by atoms with van der Waals surface area (Å²) >= 11 is 6.99. The van der Waals surface area contributed by atoms with Crippen molar-refractivity contribution in [3.8, 4) is 0 Å². The van der Waals surface area contributed by atoms with Gasteiger partial charge in [0.25, 0.3) is 0 Å². The van der Waals surface area contributed by atoms with Gasteiger partial charge in [0.15, 0.2) is 0 Å². The lowest BCUT2D eigenvalue weighted by molar-refractivity contribution is 0.198. The summed E-state index contributed by atoms with van der Waals surface area (Å²) in [7, 11) is 0. The maximum atomic E-state index is 13.5. The van der Waals surface area contributed by atoms with Crippen LogP contribution in [0.1, 0.15) is 5.56 Å². The number of benzene rings is 2. The van der Waals surface area contributed by atoms with Crippen molar-refractivity contribution in [2.75, 3.05) is 5.75 Å². The molecule has 0 aliphatic rings. The van der Waals surface area contributed by atoms with Gasteiger partial charge in [0.2, 0.25) is 0 Å². The maximum Gasteiger partial charge on any atom is 0.136 e. The zero-order valence-electron chi connectivity index (χ0n) is 10.5. The summed E-state index contributed by atoms with van der Waals surface area (Å²) in [5.74, 6) is -0.435. The van der Waals surface area contributed by atoms with Crippen LogP contribution in [0.4, 0.5) is 8.78 Å². The van der Waals surface area contributed by atoms with Gasteiger partial charge in [0, 0.05) is 22.1 Å². The third kappa shape index (κ3) is 4.20. The molecular weight excluding hydrogens is 302 g/mol. The van der Waals surface area contributed by atoms with E-state index in [-0.39, 0.29) is 18.0 Å². The minimum absolute atomic E-state index is 0.147. The summed E-state index contributed by atoms with van der Waals surface area (Å²) in [6.07, 6.45) is -0.624. The topological polar surface area (TPSA) is 20.2 Å². The zero-order valence-corrected chi connectivity index (χ0v) is 12.1. The second kappa shape index (κ2) is 7.07. The molecule has 0 saturated carbocycles. The molecule has 0 bridgehead atoms. The highest BCUT2D eigenvalue weighted by Crippen LogP contribution is 2.23. The van der Waals surface area contributed by atoms with Crippen LogP contribution in [0.3, 0.4) is 0 Å². The average Bonchev–Trinajstić information content (AvgIpc) is 2.42. The van der Waals surface area contributed by atoms with Gasteiger partial charge in [0.05, 0.1) is 6.10 Å². The van der Waals surface area contributed by atoms with Gasteiger partial charge in [-0.05, 0) is 35.9 Å². The molecule has 1 atom stereocenters. The molecule has 0 amide bonds. The van der Waals surface area contributed by atoms with Gasteiger partial charge in [0.1, 0.15) is 11.6 Å². The highest BCUT2D eigenvalue weighted by molar-refractivity contribution is 7.99. The van der Waals surface area contributed by atoms with Crippen LogP contribution in [0, 0.1) is 11.6 Å². The Bertz CT molecular complexity index is 592. The molecule has 5 heteroatoms. The van der Waals surface area contributed by atoms with Crippen molar-refractivity contribution in [2.45, 2.75) is 17.4 Å². The molecule has 1 nitrogen and oxygen atoms in total. The Balaban J connectivity index is 1.94. The van der Waals surface area contributed by atoms with Crippen molar-refractivity contribution < 1.29 is 13.9 Å². The fourth-order valence-corrected chi connectivity index (χ4v) is 2.83. The number of rotatable bonds is 5. The predicted octanol–water partition coefficient (Wildman–Crippen LogP) is 4.31. The number of aliphatic hydroxyl groups is 1. The molecular formula is C15H13ClF2OS. The highest BCUT2D eigenvalue weighted by atomic mass is 35.5. The van der Waals surface area contributed by atoms with Gasteiger partial charge in [-0.3, -0.25) is 0 Å². The quantitative estimate of drug-likeness (QED) is 0.830. The Morgan fingerprint density at radius 2 is 1.85 bits per heavy atom. The van der Waals surface area contributed by atoms with Crippen molar-refractivity contribution >= 4 is 23.4 Å². The van der Waals surface area contributed by atoms with Crippen LogP contribution in [0.2, 0.25) is 5.02 Å². The van der Waals surface area contributed by atoms with E-state index < -0.39 is 11.9 Å². The van der Waals surface area contributed by atoms with Crippen LogP contribution in [0.5, 0.6) is 0 Å². The molecule has 20 heavy (non-hydrogen) atoms. The van der Waals surface area contributed by atoms with Crippen LogP contribution >= 0.6 is 23.4 Å². The van der Waals surface area contributed by atoms with E-state index in [0.29, 0.717) is 15.5 Å². The van der Waals surface area contributed by atoms with E-state index in [9.17, 15) is 13.9 Å². The third-order valence-electron chi connectivity index (χ3n) is 2.73. The summed E-state index contributed by atoms with van der Waals surface area (Å²) in [4.78, 5) is 0.470. The summed E-state index contributed by atoms with van der Waals surface area (Å²) in [6, 6.07) is 10.6. The summed E-state index contributed by atoms with van der Waals surface area (Å²) in [5.41, 5.74) is 0.360. The molecule has 0 spiro atoms. The number of hydrogen-bond donors (Lipinski definition) is 1. The number of aliphatic hydroxyl groups excluding tert-OH is 1. The first-order chi connectivity index (χ1) is 9.56.